The van der Waals surface area contributed by atoms with Gasteiger partial charge in [-0.2, -0.15) is 0 Å². The van der Waals surface area contributed by atoms with Crippen LogP contribution in [0.15, 0.2) is 50.6 Å². The van der Waals surface area contributed by atoms with Gasteiger partial charge in [0.2, 0.25) is 0 Å². The molecule has 6 unspecified atom stereocenters. The van der Waals surface area contributed by atoms with E-state index in [9.17, 15) is 19.2 Å². The Balaban J connectivity index is 0.000000241. The Bertz CT molecular complexity index is 1090. The molecular formula is C34H48O10. The Morgan fingerprint density at radius 3 is 1.93 bits per heavy atom. The third-order valence-electron chi connectivity index (χ3n) is 9.48. The largest absolute Gasteiger partial charge is 0.462 e. The molecule has 0 spiro atoms. The van der Waals surface area contributed by atoms with E-state index in [-0.39, 0.29) is 36.7 Å². The van der Waals surface area contributed by atoms with Crippen molar-refractivity contribution >= 4 is 23.9 Å². The first kappa shape index (κ1) is 35.2. The Kier molecular flexibility index (Phi) is 12.5. The topological polar surface area (TPSA) is 124 Å². The van der Waals surface area contributed by atoms with Gasteiger partial charge in [-0.15, -0.1) is 0 Å². The summed E-state index contributed by atoms with van der Waals surface area (Å²) in [4.78, 5) is 45.0. The Labute approximate surface area is 260 Å². The molecule has 0 N–H and O–H groups in total. The zero-order valence-corrected chi connectivity index (χ0v) is 26.3. The van der Waals surface area contributed by atoms with Crippen molar-refractivity contribution in [2.45, 2.75) is 65.3 Å². The molecule has 0 aromatic carbocycles. The summed E-state index contributed by atoms with van der Waals surface area (Å²) < 4.78 is 32.6. The number of fused-ring (bicyclic) bond motifs is 5. The summed E-state index contributed by atoms with van der Waals surface area (Å²) in [5.41, 5.74) is -0.876. The number of carbonyl (C=O) groups excluding carboxylic acids is 4. The normalized spacial score (nSPS) is 31.8. The van der Waals surface area contributed by atoms with E-state index in [4.69, 9.17) is 28.4 Å². The van der Waals surface area contributed by atoms with E-state index in [1.165, 1.54) is 18.6 Å². The standard InChI is InChI=1S/C17H26O6.C17H22O4/c1-6-13(18)20-9-16(4,5)15-22-11-17(8-3,12-23-15)10-21-14(19)7-2;1-3-16(18)20-9-10-5-12-11-7-14(13(12)6-10)15(8-11)21-17(19)4-2/h6-7,15H,1-2,8-12H2,3-5H3;3-4,10-15H,1-2,5-9H2. The van der Waals surface area contributed by atoms with Gasteiger partial charge in [-0.3, -0.25) is 0 Å². The second-order valence-corrected chi connectivity index (χ2v) is 13.0. The predicted octanol–water partition coefficient (Wildman–Crippen LogP) is 4.74. The van der Waals surface area contributed by atoms with Gasteiger partial charge in [-0.1, -0.05) is 47.1 Å². The lowest BCUT2D eigenvalue weighted by atomic mass is 9.80. The van der Waals surface area contributed by atoms with Crippen molar-refractivity contribution in [2.24, 2.45) is 40.4 Å². The number of esters is 4. The molecule has 0 amide bonds. The number of hydrogen-bond acceptors (Lipinski definition) is 10. The first-order valence-corrected chi connectivity index (χ1v) is 15.3. The zero-order chi connectivity index (χ0) is 32.5. The van der Waals surface area contributed by atoms with Gasteiger partial charge < -0.3 is 28.4 Å². The predicted molar refractivity (Wildman–Crippen MR) is 162 cm³/mol. The lowest BCUT2D eigenvalue weighted by molar-refractivity contribution is -0.280. The summed E-state index contributed by atoms with van der Waals surface area (Å²) >= 11 is 0. The van der Waals surface area contributed by atoms with Crippen molar-refractivity contribution in [3.05, 3.63) is 50.6 Å². The van der Waals surface area contributed by atoms with E-state index in [0.29, 0.717) is 43.5 Å². The molecular weight excluding hydrogens is 568 g/mol. The van der Waals surface area contributed by atoms with Gasteiger partial charge in [0, 0.05) is 29.7 Å². The SMILES string of the molecule is C=CC(=O)OCC1(CC)COC(C(C)(C)COC(=O)C=C)OC1.C=CC(=O)OCC1CC2C3CC(OC(=O)C=C)C(C3)C2C1. The molecule has 4 rings (SSSR count). The molecule has 10 nitrogen and oxygen atoms in total. The Morgan fingerprint density at radius 1 is 0.773 bits per heavy atom. The molecule has 4 fully saturated rings. The number of hydrogen-bond donors (Lipinski definition) is 0. The van der Waals surface area contributed by atoms with Gasteiger partial charge in [-0.25, -0.2) is 19.2 Å². The minimum absolute atomic E-state index is 0.0659. The van der Waals surface area contributed by atoms with Crippen LogP contribution in [-0.2, 0) is 47.6 Å². The van der Waals surface area contributed by atoms with Gasteiger partial charge in [-0.05, 0) is 61.7 Å². The second kappa shape index (κ2) is 15.7. The third-order valence-corrected chi connectivity index (χ3v) is 9.48. The summed E-state index contributed by atoms with van der Waals surface area (Å²) in [5, 5.41) is 0. The molecule has 0 aromatic heterocycles. The van der Waals surface area contributed by atoms with Crippen molar-refractivity contribution in [3.63, 3.8) is 0 Å². The van der Waals surface area contributed by atoms with E-state index in [1.807, 2.05) is 20.8 Å². The summed E-state index contributed by atoms with van der Waals surface area (Å²) in [6.07, 6.45) is 9.41. The van der Waals surface area contributed by atoms with Crippen LogP contribution in [0.1, 0.15) is 52.9 Å². The van der Waals surface area contributed by atoms with Crippen LogP contribution in [0.3, 0.4) is 0 Å². The van der Waals surface area contributed by atoms with Crippen molar-refractivity contribution < 1.29 is 47.6 Å². The van der Waals surface area contributed by atoms with Crippen LogP contribution < -0.4 is 0 Å². The highest BCUT2D eigenvalue weighted by molar-refractivity contribution is 5.82. The first-order valence-electron chi connectivity index (χ1n) is 15.3. The van der Waals surface area contributed by atoms with Gasteiger partial charge in [0.1, 0.15) is 19.3 Å². The van der Waals surface area contributed by atoms with Gasteiger partial charge in [0.05, 0.1) is 25.2 Å². The van der Waals surface area contributed by atoms with Crippen LogP contribution in [0.4, 0.5) is 0 Å². The van der Waals surface area contributed by atoms with Crippen molar-refractivity contribution in [1.29, 1.82) is 0 Å². The number of rotatable bonds is 13. The molecule has 1 saturated heterocycles. The summed E-state index contributed by atoms with van der Waals surface area (Å²) in [6.45, 7) is 21.1. The average Bonchev–Trinajstić information content (AvgIpc) is 3.74. The molecule has 3 aliphatic carbocycles. The minimum Gasteiger partial charge on any atom is -0.462 e. The molecule has 3 saturated carbocycles. The van der Waals surface area contributed by atoms with E-state index in [2.05, 4.69) is 26.3 Å². The highest BCUT2D eigenvalue weighted by Crippen LogP contribution is 2.60. The molecule has 1 heterocycles. The fourth-order valence-corrected chi connectivity index (χ4v) is 6.95. The van der Waals surface area contributed by atoms with Gasteiger partial charge in [0.25, 0.3) is 0 Å². The fraction of sp³-hybridized carbons (Fsp3) is 0.647. The molecule has 44 heavy (non-hydrogen) atoms. The van der Waals surface area contributed by atoms with Crippen molar-refractivity contribution in [3.8, 4) is 0 Å². The maximum absolute atomic E-state index is 11.4. The second-order valence-electron chi connectivity index (χ2n) is 13.0. The summed E-state index contributed by atoms with van der Waals surface area (Å²) in [5.74, 6) is 1.37. The van der Waals surface area contributed by atoms with E-state index < -0.39 is 23.6 Å². The summed E-state index contributed by atoms with van der Waals surface area (Å²) in [7, 11) is 0. The van der Waals surface area contributed by atoms with E-state index >= 15 is 0 Å². The smallest absolute Gasteiger partial charge is 0.330 e. The van der Waals surface area contributed by atoms with Crippen LogP contribution in [0, 0.1) is 40.4 Å². The lowest BCUT2D eigenvalue weighted by Crippen LogP contribution is -2.50. The summed E-state index contributed by atoms with van der Waals surface area (Å²) in [6, 6.07) is 0. The Morgan fingerprint density at radius 2 is 1.34 bits per heavy atom. The minimum atomic E-state index is -0.505. The maximum Gasteiger partial charge on any atom is 0.330 e. The molecule has 0 aromatic rings. The highest BCUT2D eigenvalue weighted by Gasteiger charge is 2.57. The molecule has 2 bridgehead atoms. The van der Waals surface area contributed by atoms with E-state index in [0.717, 1.165) is 43.8 Å². The lowest BCUT2D eigenvalue weighted by Gasteiger charge is -2.43. The number of ether oxygens (including phenoxy) is 6. The van der Waals surface area contributed by atoms with Crippen LogP contribution in [0.25, 0.3) is 0 Å². The Hall–Kier alpha value is -3.24. The van der Waals surface area contributed by atoms with Crippen molar-refractivity contribution in [2.75, 3.05) is 33.0 Å². The monoisotopic (exact) mass is 616 g/mol. The molecule has 6 atom stereocenters. The van der Waals surface area contributed by atoms with E-state index in [1.54, 1.807) is 0 Å². The number of carbonyl (C=O) groups is 4. The molecule has 1 aliphatic heterocycles. The van der Waals surface area contributed by atoms with Crippen LogP contribution >= 0.6 is 0 Å². The highest BCUT2D eigenvalue weighted by atomic mass is 16.7. The van der Waals surface area contributed by atoms with Gasteiger partial charge >= 0.3 is 23.9 Å². The first-order chi connectivity index (χ1) is 20.9. The zero-order valence-electron chi connectivity index (χ0n) is 26.3. The van der Waals surface area contributed by atoms with Crippen LogP contribution in [0.5, 0.6) is 0 Å². The average molecular weight is 617 g/mol. The third kappa shape index (κ3) is 8.91. The van der Waals surface area contributed by atoms with Crippen LogP contribution in [0.2, 0.25) is 0 Å². The quantitative estimate of drug-likeness (QED) is 0.163. The molecule has 0 radical (unpaired) electrons. The maximum atomic E-state index is 11.4. The van der Waals surface area contributed by atoms with Gasteiger partial charge in [0.15, 0.2) is 6.29 Å². The van der Waals surface area contributed by atoms with Crippen molar-refractivity contribution in [1.82, 2.24) is 0 Å². The van der Waals surface area contributed by atoms with Crippen LogP contribution in [-0.4, -0.2) is 69.3 Å². The molecule has 244 valence electrons. The molecule has 4 aliphatic rings. The molecule has 10 heteroatoms. The fourth-order valence-electron chi connectivity index (χ4n) is 6.95.